The smallest absolute Gasteiger partial charge is 0.272 e. The zero-order valence-electron chi connectivity index (χ0n) is 18.1. The van der Waals surface area contributed by atoms with E-state index < -0.39 is 0 Å². The molecule has 5 nitrogen and oxygen atoms in total. The predicted octanol–water partition coefficient (Wildman–Crippen LogP) is 4.69. The number of carbonyl (C=O) groups is 1. The molecule has 3 heterocycles. The van der Waals surface area contributed by atoms with Crippen molar-refractivity contribution in [2.45, 2.75) is 44.8 Å². The SMILES string of the molecule is CC(C)Cn1c(SCC(=O)N2CCC(Cc3ccccc3)CC2)nc2ccsc2c1=O. The number of amides is 1. The Hall–Kier alpha value is -2.12. The Kier molecular flexibility index (Phi) is 7.13. The topological polar surface area (TPSA) is 55.2 Å². The molecule has 31 heavy (non-hydrogen) atoms. The summed E-state index contributed by atoms with van der Waals surface area (Å²) in [6, 6.07) is 12.5. The van der Waals surface area contributed by atoms with E-state index in [0.717, 1.165) is 37.9 Å². The van der Waals surface area contributed by atoms with Gasteiger partial charge in [0.05, 0.1) is 11.3 Å². The second-order valence-corrected chi connectivity index (χ2v) is 10.5. The molecule has 4 rings (SSSR count). The summed E-state index contributed by atoms with van der Waals surface area (Å²) in [6.45, 7) is 6.41. The average Bonchev–Trinajstić information content (AvgIpc) is 3.24. The van der Waals surface area contributed by atoms with Crippen LogP contribution in [0.4, 0.5) is 0 Å². The first-order valence-electron chi connectivity index (χ1n) is 10.9. The molecule has 1 amide bonds. The van der Waals surface area contributed by atoms with E-state index in [2.05, 4.69) is 38.1 Å². The van der Waals surface area contributed by atoms with Crippen molar-refractivity contribution < 1.29 is 4.79 Å². The van der Waals surface area contributed by atoms with E-state index in [1.165, 1.54) is 28.7 Å². The number of thiophene rings is 1. The number of thioether (sulfide) groups is 1. The normalized spacial score (nSPS) is 15.1. The quantitative estimate of drug-likeness (QED) is 0.383. The number of hydrogen-bond donors (Lipinski definition) is 0. The number of nitrogens with zero attached hydrogens (tertiary/aromatic N) is 3. The molecule has 0 radical (unpaired) electrons. The third-order valence-corrected chi connectivity index (χ3v) is 7.59. The molecule has 0 saturated carbocycles. The van der Waals surface area contributed by atoms with Crippen LogP contribution in [0.2, 0.25) is 0 Å². The minimum absolute atomic E-state index is 0.00498. The molecular weight excluding hydrogens is 426 g/mol. The van der Waals surface area contributed by atoms with Crippen molar-refractivity contribution in [1.29, 1.82) is 0 Å². The summed E-state index contributed by atoms with van der Waals surface area (Å²) in [5, 5.41) is 2.55. The van der Waals surface area contributed by atoms with Crippen LogP contribution in [0.5, 0.6) is 0 Å². The third-order valence-electron chi connectivity index (χ3n) is 5.74. The second kappa shape index (κ2) is 10.0. The number of fused-ring (bicyclic) bond motifs is 1. The van der Waals surface area contributed by atoms with Crippen LogP contribution in [0.1, 0.15) is 32.3 Å². The Bertz CT molecular complexity index is 1080. The van der Waals surface area contributed by atoms with Crippen molar-refractivity contribution in [1.82, 2.24) is 14.5 Å². The van der Waals surface area contributed by atoms with E-state index in [4.69, 9.17) is 4.98 Å². The van der Waals surface area contributed by atoms with Crippen molar-refractivity contribution in [2.24, 2.45) is 11.8 Å². The highest BCUT2D eigenvalue weighted by Crippen LogP contribution is 2.25. The maximum Gasteiger partial charge on any atom is 0.272 e. The van der Waals surface area contributed by atoms with Crippen molar-refractivity contribution in [3.05, 3.63) is 57.7 Å². The molecule has 1 fully saturated rings. The second-order valence-electron chi connectivity index (χ2n) is 8.64. The van der Waals surface area contributed by atoms with Crippen molar-refractivity contribution >= 4 is 39.2 Å². The van der Waals surface area contributed by atoms with Gasteiger partial charge in [-0.25, -0.2) is 4.98 Å². The Morgan fingerprint density at radius 1 is 1.19 bits per heavy atom. The first kappa shape index (κ1) is 22.1. The molecule has 0 unspecified atom stereocenters. The van der Waals surface area contributed by atoms with Gasteiger partial charge in [0.1, 0.15) is 4.70 Å². The summed E-state index contributed by atoms with van der Waals surface area (Å²) in [6.07, 6.45) is 3.18. The first-order chi connectivity index (χ1) is 15.0. The largest absolute Gasteiger partial charge is 0.342 e. The third kappa shape index (κ3) is 5.39. The van der Waals surface area contributed by atoms with Crippen molar-refractivity contribution in [3.8, 4) is 0 Å². The fraction of sp³-hybridized carbons (Fsp3) is 0.458. The molecule has 1 aliphatic rings. The zero-order valence-corrected chi connectivity index (χ0v) is 19.8. The minimum Gasteiger partial charge on any atom is -0.342 e. The molecular formula is C24H29N3O2S2. The van der Waals surface area contributed by atoms with Crippen LogP contribution in [0, 0.1) is 11.8 Å². The summed E-state index contributed by atoms with van der Waals surface area (Å²) in [4.78, 5) is 32.4. The number of rotatable bonds is 7. The van der Waals surface area contributed by atoms with Crippen LogP contribution in [-0.4, -0.2) is 39.2 Å². The molecule has 3 aromatic rings. The van der Waals surface area contributed by atoms with E-state index in [1.54, 1.807) is 4.57 Å². The summed E-state index contributed by atoms with van der Waals surface area (Å²) in [7, 11) is 0. The summed E-state index contributed by atoms with van der Waals surface area (Å²) < 4.78 is 2.44. The number of benzene rings is 1. The lowest BCUT2D eigenvalue weighted by molar-refractivity contribution is -0.129. The fourth-order valence-electron chi connectivity index (χ4n) is 4.11. The van der Waals surface area contributed by atoms with Crippen LogP contribution >= 0.6 is 23.1 Å². The zero-order chi connectivity index (χ0) is 21.8. The Morgan fingerprint density at radius 2 is 1.94 bits per heavy atom. The van der Waals surface area contributed by atoms with E-state index in [9.17, 15) is 9.59 Å². The molecule has 0 aliphatic carbocycles. The Labute approximate surface area is 191 Å². The molecule has 0 bridgehead atoms. The van der Waals surface area contributed by atoms with Gasteiger partial charge in [0, 0.05) is 19.6 Å². The van der Waals surface area contributed by atoms with E-state index in [1.807, 2.05) is 22.4 Å². The number of piperidine rings is 1. The molecule has 0 N–H and O–H groups in total. The van der Waals surface area contributed by atoms with Gasteiger partial charge in [0.15, 0.2) is 5.16 Å². The highest BCUT2D eigenvalue weighted by Gasteiger charge is 2.24. The van der Waals surface area contributed by atoms with Gasteiger partial charge in [-0.3, -0.25) is 14.2 Å². The molecule has 0 spiro atoms. The van der Waals surface area contributed by atoms with Crippen LogP contribution in [0.25, 0.3) is 10.2 Å². The Morgan fingerprint density at radius 3 is 2.65 bits per heavy atom. The van der Waals surface area contributed by atoms with Crippen molar-refractivity contribution in [3.63, 3.8) is 0 Å². The number of carbonyl (C=O) groups excluding carboxylic acids is 1. The summed E-state index contributed by atoms with van der Waals surface area (Å²) >= 11 is 2.82. The highest BCUT2D eigenvalue weighted by molar-refractivity contribution is 7.99. The molecule has 1 saturated heterocycles. The fourth-order valence-corrected chi connectivity index (χ4v) is 5.80. The number of likely N-dealkylation sites (tertiary alicyclic amines) is 1. The molecule has 164 valence electrons. The monoisotopic (exact) mass is 455 g/mol. The van der Waals surface area contributed by atoms with Crippen LogP contribution in [-0.2, 0) is 17.8 Å². The minimum atomic E-state index is 0.00498. The van der Waals surface area contributed by atoms with Gasteiger partial charge < -0.3 is 4.90 Å². The summed E-state index contributed by atoms with van der Waals surface area (Å²) in [5.41, 5.74) is 2.11. The molecule has 1 aromatic carbocycles. The van der Waals surface area contributed by atoms with Gasteiger partial charge in [0.2, 0.25) is 5.91 Å². The van der Waals surface area contributed by atoms with E-state index in [0.29, 0.717) is 34.0 Å². The molecule has 2 aromatic heterocycles. The van der Waals surface area contributed by atoms with Gasteiger partial charge in [-0.2, -0.15) is 0 Å². The molecule has 7 heteroatoms. The first-order valence-corrected chi connectivity index (χ1v) is 12.8. The van der Waals surface area contributed by atoms with Gasteiger partial charge in [-0.1, -0.05) is 55.9 Å². The summed E-state index contributed by atoms with van der Waals surface area (Å²) in [5.74, 6) is 1.43. The van der Waals surface area contributed by atoms with Crippen molar-refractivity contribution in [2.75, 3.05) is 18.8 Å². The maximum atomic E-state index is 12.9. The maximum absolute atomic E-state index is 12.9. The van der Waals surface area contributed by atoms with Crippen LogP contribution in [0.3, 0.4) is 0 Å². The highest BCUT2D eigenvalue weighted by atomic mass is 32.2. The lowest BCUT2D eigenvalue weighted by atomic mass is 9.90. The lowest BCUT2D eigenvalue weighted by Gasteiger charge is -2.32. The van der Waals surface area contributed by atoms with Crippen LogP contribution < -0.4 is 5.56 Å². The lowest BCUT2D eigenvalue weighted by Crippen LogP contribution is -2.40. The number of hydrogen-bond acceptors (Lipinski definition) is 5. The van der Waals surface area contributed by atoms with Gasteiger partial charge in [-0.15, -0.1) is 11.3 Å². The number of aromatic nitrogens is 2. The molecule has 1 aliphatic heterocycles. The van der Waals surface area contributed by atoms with Crippen LogP contribution in [0.15, 0.2) is 51.7 Å². The average molecular weight is 456 g/mol. The standard InChI is InChI=1S/C24H29N3O2S2/c1-17(2)15-27-23(29)22-20(10-13-30-22)25-24(27)31-16-21(28)26-11-8-19(9-12-26)14-18-6-4-3-5-7-18/h3-7,10,13,17,19H,8-9,11-12,14-16H2,1-2H3. The van der Waals surface area contributed by atoms with Gasteiger partial charge in [-0.05, 0) is 48.1 Å². The molecule has 0 atom stereocenters. The van der Waals surface area contributed by atoms with E-state index >= 15 is 0 Å². The predicted molar refractivity (Wildman–Crippen MR) is 129 cm³/mol. The van der Waals surface area contributed by atoms with E-state index in [-0.39, 0.29) is 11.5 Å². The van der Waals surface area contributed by atoms with Gasteiger partial charge in [0.25, 0.3) is 5.56 Å². The van der Waals surface area contributed by atoms with Gasteiger partial charge >= 0.3 is 0 Å². The Balaban J connectivity index is 1.37.